The maximum Gasteiger partial charge on any atom is 0.336 e. The van der Waals surface area contributed by atoms with Gasteiger partial charge in [0.15, 0.2) is 0 Å². The van der Waals surface area contributed by atoms with Crippen LogP contribution in [0.15, 0.2) is 47.4 Å². The third-order valence-electron chi connectivity index (χ3n) is 6.58. The fourth-order valence-corrected chi connectivity index (χ4v) is 5.55. The molecule has 4 rings (SSSR count). The summed E-state index contributed by atoms with van der Waals surface area (Å²) in [5.41, 5.74) is 2.58. The molecule has 1 aliphatic heterocycles. The summed E-state index contributed by atoms with van der Waals surface area (Å²) in [7, 11) is -3.86. The van der Waals surface area contributed by atoms with Crippen LogP contribution < -0.4 is 14.9 Å². The molecule has 0 atom stereocenters. The SMILES string of the molecule is Cc1ccc(S(=O)(=O)Nc2ccc3nc(N4CCN(CC(=O)NC(C)C)CC4)cc(C(=O)O)c3c2)cc1C. The van der Waals surface area contributed by atoms with E-state index in [4.69, 9.17) is 0 Å². The molecule has 1 amide bonds. The van der Waals surface area contributed by atoms with Crippen LogP contribution in [-0.4, -0.2) is 74.1 Å². The number of hydrogen-bond donors (Lipinski definition) is 3. The number of aryl methyl sites for hydroxylation is 2. The third kappa shape index (κ3) is 6.22. The van der Waals surface area contributed by atoms with E-state index in [0.717, 1.165) is 11.1 Å². The van der Waals surface area contributed by atoms with Crippen molar-refractivity contribution in [3.8, 4) is 0 Å². The fourth-order valence-electron chi connectivity index (χ4n) is 4.42. The predicted octanol–water partition coefficient (Wildman–Crippen LogP) is 3.00. The van der Waals surface area contributed by atoms with Crippen LogP contribution in [0.1, 0.15) is 35.3 Å². The van der Waals surface area contributed by atoms with Crippen LogP contribution in [0.3, 0.4) is 0 Å². The van der Waals surface area contributed by atoms with Crippen LogP contribution in [-0.2, 0) is 14.8 Å². The number of amides is 1. The topological polar surface area (TPSA) is 132 Å². The Morgan fingerprint density at radius 1 is 1.00 bits per heavy atom. The number of rotatable bonds is 8. The normalized spacial score (nSPS) is 14.6. The second-order valence-corrected chi connectivity index (χ2v) is 11.6. The van der Waals surface area contributed by atoms with Gasteiger partial charge in [0.2, 0.25) is 5.91 Å². The van der Waals surface area contributed by atoms with E-state index in [1.807, 2.05) is 32.6 Å². The number of pyridine rings is 1. The van der Waals surface area contributed by atoms with E-state index < -0.39 is 16.0 Å². The highest BCUT2D eigenvalue weighted by Gasteiger charge is 2.23. The number of aromatic carboxylic acids is 1. The maximum absolute atomic E-state index is 12.9. The first-order valence-electron chi connectivity index (χ1n) is 12.5. The minimum atomic E-state index is -3.86. The molecule has 2 heterocycles. The molecule has 10 nitrogen and oxygen atoms in total. The number of carboxylic acid groups (broad SMARTS) is 1. The minimum Gasteiger partial charge on any atom is -0.478 e. The van der Waals surface area contributed by atoms with Gasteiger partial charge in [-0.3, -0.25) is 14.4 Å². The minimum absolute atomic E-state index is 0.0191. The van der Waals surface area contributed by atoms with Gasteiger partial charge in [-0.15, -0.1) is 0 Å². The Morgan fingerprint density at radius 2 is 1.71 bits per heavy atom. The van der Waals surface area contributed by atoms with Crippen LogP contribution in [0.4, 0.5) is 11.5 Å². The van der Waals surface area contributed by atoms with Gasteiger partial charge < -0.3 is 15.3 Å². The quantitative estimate of drug-likeness (QED) is 0.398. The fraction of sp³-hybridized carbons (Fsp3) is 0.370. The molecule has 38 heavy (non-hydrogen) atoms. The number of carboxylic acids is 1. The summed E-state index contributed by atoms with van der Waals surface area (Å²) in [6.07, 6.45) is 0. The average Bonchev–Trinajstić information content (AvgIpc) is 2.84. The number of benzene rings is 2. The molecule has 0 spiro atoms. The Hall–Kier alpha value is -3.70. The molecule has 0 aliphatic carbocycles. The molecular formula is C27H33N5O5S. The van der Waals surface area contributed by atoms with Crippen molar-refractivity contribution in [2.45, 2.75) is 38.6 Å². The third-order valence-corrected chi connectivity index (χ3v) is 7.96. The van der Waals surface area contributed by atoms with E-state index in [1.165, 1.54) is 12.1 Å². The second kappa shape index (κ2) is 11.0. The van der Waals surface area contributed by atoms with Crippen molar-refractivity contribution in [2.75, 3.05) is 42.3 Å². The van der Waals surface area contributed by atoms with E-state index in [2.05, 4.69) is 19.9 Å². The van der Waals surface area contributed by atoms with Gasteiger partial charge in [0.25, 0.3) is 10.0 Å². The van der Waals surface area contributed by atoms with Crippen molar-refractivity contribution in [1.29, 1.82) is 0 Å². The molecule has 3 N–H and O–H groups in total. The van der Waals surface area contributed by atoms with Gasteiger partial charge >= 0.3 is 5.97 Å². The molecule has 1 fully saturated rings. The summed E-state index contributed by atoms with van der Waals surface area (Å²) in [6.45, 7) is 10.4. The van der Waals surface area contributed by atoms with Gasteiger partial charge in [-0.05, 0) is 75.2 Å². The van der Waals surface area contributed by atoms with Gasteiger partial charge in [-0.25, -0.2) is 18.2 Å². The van der Waals surface area contributed by atoms with Gasteiger partial charge in [-0.1, -0.05) is 6.07 Å². The standard InChI is InChI=1S/C27H33N5O5S/c1-17(2)28-26(33)16-31-9-11-32(12-10-31)25-15-23(27(34)35)22-14-20(6-8-24(22)29-25)30-38(36,37)21-7-5-18(3)19(4)13-21/h5-8,13-15,17,30H,9-12,16H2,1-4H3,(H,28,33)(H,34,35). The Balaban J connectivity index is 1.55. The predicted molar refractivity (Wildman–Crippen MR) is 147 cm³/mol. The first kappa shape index (κ1) is 27.3. The molecule has 1 aliphatic rings. The number of sulfonamides is 1. The number of carbonyl (C=O) groups is 2. The summed E-state index contributed by atoms with van der Waals surface area (Å²) in [4.78, 5) is 33.1. The van der Waals surface area contributed by atoms with Crippen LogP contribution in [0, 0.1) is 13.8 Å². The van der Waals surface area contributed by atoms with Crippen LogP contribution in [0.25, 0.3) is 10.9 Å². The summed E-state index contributed by atoms with van der Waals surface area (Å²) in [6, 6.07) is 11.2. The number of hydrogen-bond acceptors (Lipinski definition) is 7. The molecule has 1 aromatic heterocycles. The van der Waals surface area contributed by atoms with Gasteiger partial charge in [0, 0.05) is 43.3 Å². The number of carbonyl (C=O) groups excluding carboxylic acids is 1. The zero-order valence-corrected chi connectivity index (χ0v) is 22.8. The van der Waals surface area contributed by atoms with Crippen LogP contribution in [0.5, 0.6) is 0 Å². The highest BCUT2D eigenvalue weighted by atomic mass is 32.2. The lowest BCUT2D eigenvalue weighted by Gasteiger charge is -2.35. The molecular weight excluding hydrogens is 506 g/mol. The summed E-state index contributed by atoms with van der Waals surface area (Å²) in [5, 5.41) is 13.2. The number of nitrogens with one attached hydrogen (secondary N) is 2. The van der Waals surface area contributed by atoms with Crippen molar-refractivity contribution < 1.29 is 23.1 Å². The highest BCUT2D eigenvalue weighted by molar-refractivity contribution is 7.92. The van der Waals surface area contributed by atoms with Crippen molar-refractivity contribution in [2.24, 2.45) is 0 Å². The Kier molecular flexibility index (Phi) is 7.89. The Morgan fingerprint density at radius 3 is 2.34 bits per heavy atom. The first-order valence-corrected chi connectivity index (χ1v) is 14.0. The number of aromatic nitrogens is 1. The van der Waals surface area contributed by atoms with Crippen molar-refractivity contribution in [1.82, 2.24) is 15.2 Å². The van der Waals surface area contributed by atoms with Gasteiger partial charge in [-0.2, -0.15) is 0 Å². The molecule has 3 aromatic rings. The number of anilines is 2. The van der Waals surface area contributed by atoms with Crippen molar-refractivity contribution >= 4 is 44.3 Å². The van der Waals surface area contributed by atoms with Gasteiger partial charge in [0.05, 0.1) is 22.5 Å². The Labute approximate surface area is 222 Å². The van der Waals surface area contributed by atoms with E-state index in [0.29, 0.717) is 49.4 Å². The van der Waals surface area contributed by atoms with Crippen LogP contribution in [0.2, 0.25) is 0 Å². The molecule has 2 aromatic carbocycles. The zero-order valence-electron chi connectivity index (χ0n) is 22.0. The molecule has 0 bridgehead atoms. The summed E-state index contributed by atoms with van der Waals surface area (Å²) in [5.74, 6) is -0.615. The maximum atomic E-state index is 12.9. The molecule has 0 unspecified atom stereocenters. The highest BCUT2D eigenvalue weighted by Crippen LogP contribution is 2.28. The number of nitrogens with zero attached hydrogens (tertiary/aromatic N) is 3. The largest absolute Gasteiger partial charge is 0.478 e. The lowest BCUT2D eigenvalue weighted by Crippen LogP contribution is -2.50. The van der Waals surface area contributed by atoms with E-state index in [1.54, 1.807) is 30.3 Å². The summed E-state index contributed by atoms with van der Waals surface area (Å²) >= 11 is 0. The van der Waals surface area contributed by atoms with E-state index >= 15 is 0 Å². The number of fused-ring (bicyclic) bond motifs is 1. The number of piperazine rings is 1. The van der Waals surface area contributed by atoms with Gasteiger partial charge in [0.1, 0.15) is 5.82 Å². The van der Waals surface area contributed by atoms with Crippen molar-refractivity contribution in [3.63, 3.8) is 0 Å². The zero-order chi connectivity index (χ0) is 27.6. The second-order valence-electron chi connectivity index (χ2n) is 9.90. The van der Waals surface area contributed by atoms with E-state index in [-0.39, 0.29) is 28.1 Å². The van der Waals surface area contributed by atoms with Crippen molar-refractivity contribution in [3.05, 3.63) is 59.2 Å². The Bertz CT molecular complexity index is 1480. The smallest absolute Gasteiger partial charge is 0.336 e. The first-order chi connectivity index (χ1) is 17.9. The lowest BCUT2D eigenvalue weighted by molar-refractivity contribution is -0.122. The molecule has 1 saturated heterocycles. The average molecular weight is 540 g/mol. The molecule has 11 heteroatoms. The molecule has 0 radical (unpaired) electrons. The van der Waals surface area contributed by atoms with Crippen LogP contribution >= 0.6 is 0 Å². The van der Waals surface area contributed by atoms with E-state index in [9.17, 15) is 23.1 Å². The lowest BCUT2D eigenvalue weighted by atomic mass is 10.1. The monoisotopic (exact) mass is 539 g/mol. The summed E-state index contributed by atoms with van der Waals surface area (Å²) < 4.78 is 28.4. The molecule has 0 saturated carbocycles. The molecule has 202 valence electrons.